The number of carbonyl (C=O) groups is 2. The largest absolute Gasteiger partial charge is 0.416 e. The highest BCUT2D eigenvalue weighted by molar-refractivity contribution is 6.07. The molecule has 10 heteroatoms. The Morgan fingerprint density at radius 1 is 1.03 bits per heavy atom. The van der Waals surface area contributed by atoms with Gasteiger partial charge in [-0.25, -0.2) is 4.98 Å². The molecule has 188 valence electrons. The molecule has 7 nitrogen and oxygen atoms in total. The lowest BCUT2D eigenvalue weighted by molar-refractivity contribution is -0.137. The Balaban J connectivity index is 1.55. The van der Waals surface area contributed by atoms with Crippen LogP contribution in [0.15, 0.2) is 79.5 Å². The molecule has 2 N–H and O–H groups in total. The smallest absolute Gasteiger partial charge is 0.322 e. The number of benzene rings is 2. The van der Waals surface area contributed by atoms with Crippen LogP contribution < -0.4 is 10.6 Å². The lowest BCUT2D eigenvalue weighted by Gasteiger charge is -2.14. The molecule has 0 unspecified atom stereocenters. The van der Waals surface area contributed by atoms with Crippen molar-refractivity contribution in [3.63, 3.8) is 0 Å². The second-order valence-corrected chi connectivity index (χ2v) is 8.28. The minimum Gasteiger partial charge on any atom is -0.322 e. The molecule has 0 saturated heterocycles. The van der Waals surface area contributed by atoms with E-state index in [1.165, 1.54) is 35.2 Å². The first-order chi connectivity index (χ1) is 17.6. The molecule has 4 aromatic rings. The lowest BCUT2D eigenvalue weighted by Crippen LogP contribution is -2.15. The molecule has 0 fully saturated rings. The summed E-state index contributed by atoms with van der Waals surface area (Å²) in [5.41, 5.74) is 1.89. The fourth-order valence-corrected chi connectivity index (χ4v) is 3.48. The van der Waals surface area contributed by atoms with Crippen molar-refractivity contribution in [1.82, 2.24) is 14.5 Å². The van der Waals surface area contributed by atoms with Gasteiger partial charge in [0.25, 0.3) is 5.91 Å². The van der Waals surface area contributed by atoms with Gasteiger partial charge in [0.15, 0.2) is 0 Å². The fourth-order valence-electron chi connectivity index (χ4n) is 3.48. The standard InChI is InChI=1S/C27H22F3N5O2/c1-17-5-7-20(10-24(17)34-25(36)8-6-19-4-3-9-31-14-19)26(37)33-22-11-21(27(28,29)30)12-23(13-22)35-15-18(2)32-16-35/h3-16H,1-2H3,(H,33,37)(H,34,36). The number of nitrogens with one attached hydrogen (secondary N) is 2. The third-order valence-corrected chi connectivity index (χ3v) is 5.38. The van der Waals surface area contributed by atoms with E-state index in [1.54, 1.807) is 56.7 Å². The minimum absolute atomic E-state index is 0.0354. The predicted molar refractivity (Wildman–Crippen MR) is 134 cm³/mol. The van der Waals surface area contributed by atoms with Crippen LogP contribution in [0.3, 0.4) is 0 Å². The number of hydrogen-bond acceptors (Lipinski definition) is 4. The summed E-state index contributed by atoms with van der Waals surface area (Å²) >= 11 is 0. The summed E-state index contributed by atoms with van der Waals surface area (Å²) in [6.07, 6.45) is 4.53. The average Bonchev–Trinajstić information content (AvgIpc) is 3.30. The highest BCUT2D eigenvalue weighted by atomic mass is 19.4. The number of aromatic nitrogens is 3. The number of halogens is 3. The van der Waals surface area contributed by atoms with Crippen molar-refractivity contribution < 1.29 is 22.8 Å². The Kier molecular flexibility index (Phi) is 7.19. The molecule has 0 spiro atoms. The molecular formula is C27H22F3N5O2. The zero-order valence-corrected chi connectivity index (χ0v) is 19.9. The molecule has 2 aromatic heterocycles. The van der Waals surface area contributed by atoms with E-state index in [-0.39, 0.29) is 16.9 Å². The SMILES string of the molecule is Cc1cn(-c2cc(NC(=O)c3ccc(C)c(NC(=O)C=Cc4cccnc4)c3)cc(C(F)(F)F)c2)cn1. The summed E-state index contributed by atoms with van der Waals surface area (Å²) in [5, 5.41) is 5.24. The molecule has 2 amide bonds. The molecule has 2 heterocycles. The predicted octanol–water partition coefficient (Wildman–Crippen LogP) is 5.81. The minimum atomic E-state index is -4.62. The van der Waals surface area contributed by atoms with Crippen molar-refractivity contribution in [1.29, 1.82) is 0 Å². The number of pyridine rings is 1. The number of aryl methyl sites for hydroxylation is 2. The van der Waals surface area contributed by atoms with E-state index in [4.69, 9.17) is 0 Å². The summed E-state index contributed by atoms with van der Waals surface area (Å²) in [6.45, 7) is 3.48. The van der Waals surface area contributed by atoms with E-state index in [0.29, 0.717) is 16.9 Å². The van der Waals surface area contributed by atoms with Crippen molar-refractivity contribution in [3.8, 4) is 5.69 Å². The topological polar surface area (TPSA) is 88.9 Å². The van der Waals surface area contributed by atoms with Gasteiger partial charge in [0.2, 0.25) is 5.91 Å². The lowest BCUT2D eigenvalue weighted by atomic mass is 10.1. The Morgan fingerprint density at radius 2 is 1.84 bits per heavy atom. The molecule has 0 saturated carbocycles. The number of carbonyl (C=O) groups excluding carboxylic acids is 2. The third-order valence-electron chi connectivity index (χ3n) is 5.38. The summed E-state index contributed by atoms with van der Waals surface area (Å²) in [5.74, 6) is -1.05. The zero-order chi connectivity index (χ0) is 26.6. The first-order valence-corrected chi connectivity index (χ1v) is 11.1. The average molecular weight is 506 g/mol. The normalized spacial score (nSPS) is 11.5. The molecule has 0 atom stereocenters. The highest BCUT2D eigenvalue weighted by Crippen LogP contribution is 2.33. The quantitative estimate of drug-likeness (QED) is 0.324. The molecular weight excluding hydrogens is 483 g/mol. The Bertz CT molecular complexity index is 1480. The number of alkyl halides is 3. The van der Waals surface area contributed by atoms with Crippen molar-refractivity contribution in [2.24, 2.45) is 0 Å². The van der Waals surface area contributed by atoms with Crippen LogP contribution in [-0.2, 0) is 11.0 Å². The van der Waals surface area contributed by atoms with Crippen LogP contribution >= 0.6 is 0 Å². The van der Waals surface area contributed by atoms with Crippen LogP contribution in [0.5, 0.6) is 0 Å². The molecule has 0 radical (unpaired) electrons. The van der Waals surface area contributed by atoms with Crippen molar-refractivity contribution >= 4 is 29.3 Å². The van der Waals surface area contributed by atoms with Gasteiger partial charge in [0.1, 0.15) is 0 Å². The number of rotatable bonds is 6. The van der Waals surface area contributed by atoms with E-state index in [2.05, 4.69) is 20.6 Å². The Hall–Kier alpha value is -4.73. The monoisotopic (exact) mass is 505 g/mol. The van der Waals surface area contributed by atoms with Gasteiger partial charge < -0.3 is 15.2 Å². The van der Waals surface area contributed by atoms with Gasteiger partial charge in [-0.2, -0.15) is 13.2 Å². The Labute approximate surface area is 210 Å². The van der Waals surface area contributed by atoms with Crippen LogP contribution in [0.4, 0.5) is 24.5 Å². The van der Waals surface area contributed by atoms with Crippen LogP contribution in [0.25, 0.3) is 11.8 Å². The van der Waals surface area contributed by atoms with Gasteiger partial charge in [-0.1, -0.05) is 12.1 Å². The number of nitrogens with zero attached hydrogens (tertiary/aromatic N) is 3. The van der Waals surface area contributed by atoms with E-state index in [1.807, 2.05) is 0 Å². The van der Waals surface area contributed by atoms with Gasteiger partial charge >= 0.3 is 6.18 Å². The van der Waals surface area contributed by atoms with Crippen molar-refractivity contribution in [2.45, 2.75) is 20.0 Å². The van der Waals surface area contributed by atoms with Crippen molar-refractivity contribution in [3.05, 3.63) is 107 Å². The molecule has 0 aliphatic carbocycles. The fraction of sp³-hybridized carbons (Fsp3) is 0.111. The van der Waals surface area contributed by atoms with Crippen LogP contribution in [0, 0.1) is 13.8 Å². The molecule has 0 aliphatic rings. The maximum Gasteiger partial charge on any atom is 0.416 e. The molecule has 0 bridgehead atoms. The van der Waals surface area contributed by atoms with Crippen molar-refractivity contribution in [2.75, 3.05) is 10.6 Å². The zero-order valence-electron chi connectivity index (χ0n) is 19.9. The summed E-state index contributed by atoms with van der Waals surface area (Å²) < 4.78 is 42.0. The van der Waals surface area contributed by atoms with Gasteiger partial charge in [0.05, 0.1) is 17.6 Å². The third kappa shape index (κ3) is 6.49. The summed E-state index contributed by atoms with van der Waals surface area (Å²) in [7, 11) is 0. The first-order valence-electron chi connectivity index (χ1n) is 11.1. The van der Waals surface area contributed by atoms with E-state index < -0.39 is 23.6 Å². The molecule has 4 rings (SSSR count). The second-order valence-electron chi connectivity index (χ2n) is 8.28. The summed E-state index contributed by atoms with van der Waals surface area (Å²) in [4.78, 5) is 33.3. The van der Waals surface area contributed by atoms with Gasteiger partial charge in [-0.15, -0.1) is 0 Å². The number of amides is 2. The molecule has 37 heavy (non-hydrogen) atoms. The molecule has 2 aromatic carbocycles. The second kappa shape index (κ2) is 10.5. The van der Waals surface area contributed by atoms with E-state index >= 15 is 0 Å². The number of imidazole rings is 1. The first kappa shape index (κ1) is 25.4. The van der Waals surface area contributed by atoms with E-state index in [0.717, 1.165) is 17.7 Å². The molecule has 0 aliphatic heterocycles. The van der Waals surface area contributed by atoms with Crippen LogP contribution in [0.1, 0.15) is 32.7 Å². The maximum atomic E-state index is 13.5. The maximum absolute atomic E-state index is 13.5. The Morgan fingerprint density at radius 3 is 2.51 bits per heavy atom. The van der Waals surface area contributed by atoms with E-state index in [9.17, 15) is 22.8 Å². The highest BCUT2D eigenvalue weighted by Gasteiger charge is 2.31. The van der Waals surface area contributed by atoms with Gasteiger partial charge in [0, 0.05) is 47.3 Å². The number of anilines is 2. The van der Waals surface area contributed by atoms with Crippen LogP contribution in [-0.4, -0.2) is 26.3 Å². The summed E-state index contributed by atoms with van der Waals surface area (Å²) in [6, 6.07) is 11.4. The van der Waals surface area contributed by atoms with Crippen LogP contribution in [0.2, 0.25) is 0 Å². The van der Waals surface area contributed by atoms with Gasteiger partial charge in [-0.05, 0) is 67.4 Å². The van der Waals surface area contributed by atoms with Gasteiger partial charge in [-0.3, -0.25) is 14.6 Å². The number of hydrogen-bond donors (Lipinski definition) is 2.